The third-order valence-electron chi connectivity index (χ3n) is 4.98. The molecule has 1 fully saturated rings. The highest BCUT2D eigenvalue weighted by Crippen LogP contribution is 2.35. The number of rotatable bonds is 6. The summed E-state index contributed by atoms with van der Waals surface area (Å²) in [4.78, 5) is 17.4. The molecule has 0 aliphatic carbocycles. The van der Waals surface area contributed by atoms with Crippen molar-refractivity contribution >= 4 is 27.5 Å². The SMILES string of the molecule is COc1cc(C(=O)NCc2ccccc2N2CCN(C)CC2)cc(OC)c1Br. The van der Waals surface area contributed by atoms with Gasteiger partial charge in [0.2, 0.25) is 0 Å². The largest absolute Gasteiger partial charge is 0.495 e. The van der Waals surface area contributed by atoms with Gasteiger partial charge in [-0.05, 0) is 46.7 Å². The Kier molecular flexibility index (Phi) is 6.80. The molecule has 3 rings (SSSR count). The van der Waals surface area contributed by atoms with Gasteiger partial charge in [0, 0.05) is 44.0 Å². The van der Waals surface area contributed by atoms with Crippen molar-refractivity contribution in [2.75, 3.05) is 52.3 Å². The Bertz CT molecular complexity index is 810. The van der Waals surface area contributed by atoms with Gasteiger partial charge in [-0.1, -0.05) is 18.2 Å². The van der Waals surface area contributed by atoms with Gasteiger partial charge in [-0.25, -0.2) is 0 Å². The van der Waals surface area contributed by atoms with E-state index in [4.69, 9.17) is 9.47 Å². The van der Waals surface area contributed by atoms with Gasteiger partial charge in [0.15, 0.2) is 0 Å². The molecule has 0 atom stereocenters. The standard InChI is InChI=1S/C21H26BrN3O3/c1-24-8-10-25(11-9-24)17-7-5-4-6-15(17)14-23-21(26)16-12-18(27-2)20(22)19(13-16)28-3/h4-7,12-13H,8-11,14H2,1-3H3,(H,23,26). The third kappa shape index (κ3) is 4.59. The molecule has 0 radical (unpaired) electrons. The number of piperazine rings is 1. The molecule has 0 saturated carbocycles. The summed E-state index contributed by atoms with van der Waals surface area (Å²) in [5.41, 5.74) is 2.78. The van der Waals surface area contributed by atoms with Crippen LogP contribution in [-0.4, -0.2) is 58.3 Å². The molecule has 0 bridgehead atoms. The monoisotopic (exact) mass is 447 g/mol. The van der Waals surface area contributed by atoms with Crippen molar-refractivity contribution in [2.45, 2.75) is 6.54 Å². The van der Waals surface area contributed by atoms with Gasteiger partial charge in [0.25, 0.3) is 5.91 Å². The topological polar surface area (TPSA) is 54.0 Å². The van der Waals surface area contributed by atoms with Crippen molar-refractivity contribution in [3.63, 3.8) is 0 Å². The highest BCUT2D eigenvalue weighted by molar-refractivity contribution is 9.10. The summed E-state index contributed by atoms with van der Waals surface area (Å²) in [6.07, 6.45) is 0. The number of amides is 1. The number of likely N-dealkylation sites (N-methyl/N-ethyl adjacent to an activating group) is 1. The first-order valence-corrected chi connectivity index (χ1v) is 10.0. The summed E-state index contributed by atoms with van der Waals surface area (Å²) in [6, 6.07) is 11.6. The lowest BCUT2D eigenvalue weighted by atomic mass is 10.1. The minimum atomic E-state index is -0.169. The molecule has 7 heteroatoms. The average Bonchev–Trinajstić information content (AvgIpc) is 2.73. The molecular formula is C21H26BrN3O3. The van der Waals surface area contributed by atoms with Crippen LogP contribution >= 0.6 is 15.9 Å². The fourth-order valence-corrected chi connectivity index (χ4v) is 3.85. The molecule has 1 aliphatic heterocycles. The van der Waals surface area contributed by atoms with Gasteiger partial charge < -0.3 is 24.6 Å². The summed E-state index contributed by atoms with van der Waals surface area (Å²) >= 11 is 3.43. The smallest absolute Gasteiger partial charge is 0.251 e. The second-order valence-corrected chi connectivity index (χ2v) is 7.59. The number of para-hydroxylation sites is 1. The summed E-state index contributed by atoms with van der Waals surface area (Å²) in [5, 5.41) is 3.02. The zero-order chi connectivity index (χ0) is 20.1. The minimum Gasteiger partial charge on any atom is -0.495 e. The quantitative estimate of drug-likeness (QED) is 0.736. The Morgan fingerprint density at radius 3 is 2.29 bits per heavy atom. The van der Waals surface area contributed by atoms with E-state index in [1.807, 2.05) is 12.1 Å². The number of anilines is 1. The van der Waals surface area contributed by atoms with Crippen LogP contribution in [0.2, 0.25) is 0 Å². The molecule has 2 aromatic rings. The molecule has 1 saturated heterocycles. The van der Waals surface area contributed by atoms with Crippen LogP contribution < -0.4 is 19.7 Å². The predicted octanol–water partition coefficient (Wildman–Crippen LogP) is 3.15. The van der Waals surface area contributed by atoms with Crippen molar-refractivity contribution in [3.05, 3.63) is 52.0 Å². The summed E-state index contributed by atoms with van der Waals surface area (Å²) in [5.74, 6) is 0.946. The Morgan fingerprint density at radius 2 is 1.68 bits per heavy atom. The lowest BCUT2D eigenvalue weighted by Crippen LogP contribution is -2.45. The molecule has 1 N–H and O–H groups in total. The lowest BCUT2D eigenvalue weighted by molar-refractivity contribution is 0.0950. The molecule has 2 aromatic carbocycles. The van der Waals surface area contributed by atoms with E-state index >= 15 is 0 Å². The summed E-state index contributed by atoms with van der Waals surface area (Å²) in [7, 11) is 5.27. The number of hydrogen-bond acceptors (Lipinski definition) is 5. The van der Waals surface area contributed by atoms with Crippen LogP contribution in [0.3, 0.4) is 0 Å². The number of nitrogens with zero attached hydrogens (tertiary/aromatic N) is 2. The van der Waals surface area contributed by atoms with Gasteiger partial charge >= 0.3 is 0 Å². The first kappa shape index (κ1) is 20.5. The fraction of sp³-hybridized carbons (Fsp3) is 0.381. The van der Waals surface area contributed by atoms with E-state index in [-0.39, 0.29) is 5.91 Å². The van der Waals surface area contributed by atoms with Crippen molar-refractivity contribution in [3.8, 4) is 11.5 Å². The molecule has 6 nitrogen and oxygen atoms in total. The van der Waals surface area contributed by atoms with Crippen LogP contribution in [0.25, 0.3) is 0 Å². The van der Waals surface area contributed by atoms with Gasteiger partial charge in [-0.2, -0.15) is 0 Å². The van der Waals surface area contributed by atoms with Crippen molar-refractivity contribution in [1.82, 2.24) is 10.2 Å². The molecule has 1 heterocycles. The molecule has 150 valence electrons. The molecule has 28 heavy (non-hydrogen) atoms. The number of nitrogens with one attached hydrogen (secondary N) is 1. The molecule has 0 spiro atoms. The van der Waals surface area contributed by atoms with E-state index in [2.05, 4.69) is 50.2 Å². The van der Waals surface area contributed by atoms with E-state index in [1.165, 1.54) is 5.69 Å². The minimum absolute atomic E-state index is 0.169. The molecule has 0 aromatic heterocycles. The van der Waals surface area contributed by atoms with Crippen molar-refractivity contribution < 1.29 is 14.3 Å². The highest BCUT2D eigenvalue weighted by Gasteiger charge is 2.18. The van der Waals surface area contributed by atoms with E-state index < -0.39 is 0 Å². The zero-order valence-electron chi connectivity index (χ0n) is 16.5. The Morgan fingerprint density at radius 1 is 1.07 bits per heavy atom. The van der Waals surface area contributed by atoms with Crippen LogP contribution in [0, 0.1) is 0 Å². The van der Waals surface area contributed by atoms with E-state index in [1.54, 1.807) is 26.4 Å². The van der Waals surface area contributed by atoms with E-state index in [0.717, 1.165) is 31.7 Å². The number of carbonyl (C=O) groups excluding carboxylic acids is 1. The van der Waals surface area contributed by atoms with Gasteiger partial charge in [0.05, 0.1) is 14.2 Å². The molecule has 0 unspecified atom stereocenters. The van der Waals surface area contributed by atoms with Crippen LogP contribution in [0.5, 0.6) is 11.5 Å². The summed E-state index contributed by atoms with van der Waals surface area (Å²) < 4.78 is 11.4. The second-order valence-electron chi connectivity index (χ2n) is 6.80. The van der Waals surface area contributed by atoms with Crippen LogP contribution in [-0.2, 0) is 6.54 Å². The van der Waals surface area contributed by atoms with Crippen LogP contribution in [0.4, 0.5) is 5.69 Å². The lowest BCUT2D eigenvalue weighted by Gasteiger charge is -2.35. The van der Waals surface area contributed by atoms with Crippen LogP contribution in [0.15, 0.2) is 40.9 Å². The van der Waals surface area contributed by atoms with Gasteiger partial charge in [-0.3, -0.25) is 4.79 Å². The highest BCUT2D eigenvalue weighted by atomic mass is 79.9. The first-order chi connectivity index (χ1) is 13.5. The van der Waals surface area contributed by atoms with Crippen molar-refractivity contribution in [2.24, 2.45) is 0 Å². The Labute approximate surface area is 174 Å². The van der Waals surface area contributed by atoms with Crippen LogP contribution in [0.1, 0.15) is 15.9 Å². The molecule has 1 amide bonds. The molecular weight excluding hydrogens is 422 g/mol. The van der Waals surface area contributed by atoms with Gasteiger partial charge in [0.1, 0.15) is 16.0 Å². The third-order valence-corrected chi connectivity index (χ3v) is 5.76. The zero-order valence-corrected chi connectivity index (χ0v) is 18.1. The number of halogens is 1. The fourth-order valence-electron chi connectivity index (χ4n) is 3.29. The number of carbonyl (C=O) groups is 1. The number of ether oxygens (including phenoxy) is 2. The first-order valence-electron chi connectivity index (χ1n) is 9.24. The van der Waals surface area contributed by atoms with E-state index in [9.17, 15) is 4.79 Å². The average molecular weight is 448 g/mol. The summed E-state index contributed by atoms with van der Waals surface area (Å²) in [6.45, 7) is 4.52. The predicted molar refractivity (Wildman–Crippen MR) is 115 cm³/mol. The molecule has 1 aliphatic rings. The maximum absolute atomic E-state index is 12.7. The Hall–Kier alpha value is -2.25. The maximum atomic E-state index is 12.7. The number of benzene rings is 2. The van der Waals surface area contributed by atoms with Gasteiger partial charge in [-0.15, -0.1) is 0 Å². The second kappa shape index (κ2) is 9.30. The number of methoxy groups -OCH3 is 2. The Balaban J connectivity index is 1.73. The number of hydrogen-bond donors (Lipinski definition) is 1. The normalized spacial score (nSPS) is 14.6. The maximum Gasteiger partial charge on any atom is 0.251 e. The van der Waals surface area contributed by atoms with Crippen molar-refractivity contribution in [1.29, 1.82) is 0 Å². The van der Waals surface area contributed by atoms with E-state index in [0.29, 0.717) is 28.1 Å².